The molecule has 1 aliphatic carbocycles. The van der Waals surface area contributed by atoms with Gasteiger partial charge in [0.05, 0.1) is 9.52 Å². The number of anilines is 1. The Labute approximate surface area is 157 Å². The van der Waals surface area contributed by atoms with Gasteiger partial charge in [-0.1, -0.05) is 65.2 Å². The van der Waals surface area contributed by atoms with Gasteiger partial charge in [0.2, 0.25) is 0 Å². The summed E-state index contributed by atoms with van der Waals surface area (Å²) in [6.45, 7) is 14.8. The second-order valence-corrected chi connectivity index (χ2v) is 12.4. The van der Waals surface area contributed by atoms with Crippen LogP contribution in [0.15, 0.2) is 18.2 Å². The SMILES string of the molecule is CC(C)c1cccc2c1N1C([Si]C2(C)C)C2(CCCCC2)CC1(C)C. The highest BCUT2D eigenvalue weighted by Gasteiger charge is 2.59. The Balaban J connectivity index is 1.93. The Morgan fingerprint density at radius 1 is 1.04 bits per heavy atom. The van der Waals surface area contributed by atoms with E-state index in [1.54, 1.807) is 16.8 Å². The monoisotopic (exact) mass is 353 g/mol. The van der Waals surface area contributed by atoms with E-state index in [1.165, 1.54) is 38.5 Å². The lowest BCUT2D eigenvalue weighted by Gasteiger charge is -2.51. The Bertz CT molecular complexity index is 667. The maximum absolute atomic E-state index is 2.92. The summed E-state index contributed by atoms with van der Waals surface area (Å²) in [5.74, 6) is 0.589. The minimum atomic E-state index is 0.283. The van der Waals surface area contributed by atoms with Crippen LogP contribution in [0.4, 0.5) is 5.69 Å². The van der Waals surface area contributed by atoms with E-state index in [9.17, 15) is 0 Å². The van der Waals surface area contributed by atoms with Crippen molar-refractivity contribution < 1.29 is 0 Å². The summed E-state index contributed by atoms with van der Waals surface area (Å²) in [6.07, 6.45) is 8.66. The molecule has 1 aromatic carbocycles. The molecule has 25 heavy (non-hydrogen) atoms. The molecule has 3 aliphatic rings. The summed E-state index contributed by atoms with van der Waals surface area (Å²) in [5.41, 5.74) is 6.39. The minimum absolute atomic E-state index is 0.283. The molecule has 1 spiro atoms. The van der Waals surface area contributed by atoms with Crippen LogP contribution in [-0.2, 0) is 5.04 Å². The molecule has 0 bridgehead atoms. The van der Waals surface area contributed by atoms with Gasteiger partial charge in [-0.2, -0.15) is 0 Å². The maximum Gasteiger partial charge on any atom is 0.0819 e. The lowest BCUT2D eigenvalue weighted by Crippen LogP contribution is -2.58. The van der Waals surface area contributed by atoms with E-state index in [1.807, 2.05) is 0 Å². The second-order valence-electron chi connectivity index (χ2n) is 10.4. The fourth-order valence-corrected chi connectivity index (χ4v) is 8.59. The second kappa shape index (κ2) is 5.61. The van der Waals surface area contributed by atoms with E-state index < -0.39 is 0 Å². The van der Waals surface area contributed by atoms with E-state index in [0.29, 0.717) is 16.4 Å². The van der Waals surface area contributed by atoms with Gasteiger partial charge in [0, 0.05) is 16.9 Å². The van der Waals surface area contributed by atoms with Crippen molar-refractivity contribution in [3.8, 4) is 0 Å². The van der Waals surface area contributed by atoms with Crippen LogP contribution in [0.3, 0.4) is 0 Å². The third-order valence-electron chi connectivity index (χ3n) is 7.23. The Kier molecular flexibility index (Phi) is 3.96. The molecule has 136 valence electrons. The lowest BCUT2D eigenvalue weighted by molar-refractivity contribution is 0.188. The van der Waals surface area contributed by atoms with E-state index in [0.717, 1.165) is 15.2 Å². The van der Waals surface area contributed by atoms with Gasteiger partial charge in [-0.3, -0.25) is 0 Å². The smallest absolute Gasteiger partial charge is 0.0819 e. The average molecular weight is 354 g/mol. The van der Waals surface area contributed by atoms with Crippen LogP contribution in [0.25, 0.3) is 0 Å². The van der Waals surface area contributed by atoms with Crippen molar-refractivity contribution in [2.45, 2.75) is 102 Å². The molecule has 1 aromatic rings. The third kappa shape index (κ3) is 2.54. The molecule has 1 unspecified atom stereocenters. The lowest BCUT2D eigenvalue weighted by atomic mass is 9.71. The molecule has 1 nitrogen and oxygen atoms in total. The first-order chi connectivity index (χ1) is 11.7. The van der Waals surface area contributed by atoms with Crippen molar-refractivity contribution in [2.24, 2.45) is 5.41 Å². The number of hydrogen-bond donors (Lipinski definition) is 0. The van der Waals surface area contributed by atoms with E-state index in [4.69, 9.17) is 0 Å². The molecule has 2 aliphatic heterocycles. The van der Waals surface area contributed by atoms with Crippen LogP contribution in [-0.4, -0.2) is 20.7 Å². The fraction of sp³-hybridized carbons (Fsp3) is 0.739. The highest BCUT2D eigenvalue weighted by atomic mass is 28.2. The maximum atomic E-state index is 2.92. The highest BCUT2D eigenvalue weighted by molar-refractivity contribution is 6.45. The van der Waals surface area contributed by atoms with Gasteiger partial charge >= 0.3 is 0 Å². The summed E-state index contributed by atoms with van der Waals surface area (Å²) >= 11 is 0. The van der Waals surface area contributed by atoms with Crippen LogP contribution >= 0.6 is 0 Å². The van der Waals surface area contributed by atoms with Gasteiger partial charge in [-0.15, -0.1) is 0 Å². The first-order valence-corrected chi connectivity index (χ1v) is 11.5. The summed E-state index contributed by atoms with van der Waals surface area (Å²) in [5, 5.41) is 0.312. The molecule has 1 saturated heterocycles. The normalized spacial score (nSPS) is 28.9. The zero-order valence-corrected chi connectivity index (χ0v) is 18.1. The molecule has 1 saturated carbocycles. The molecule has 2 fully saturated rings. The van der Waals surface area contributed by atoms with Gasteiger partial charge in [-0.25, -0.2) is 0 Å². The number of benzene rings is 1. The van der Waals surface area contributed by atoms with Crippen molar-refractivity contribution in [2.75, 3.05) is 4.90 Å². The number of hydrogen-bond acceptors (Lipinski definition) is 1. The molecule has 1 atom stereocenters. The Morgan fingerprint density at radius 3 is 2.36 bits per heavy atom. The van der Waals surface area contributed by atoms with Crippen molar-refractivity contribution in [1.82, 2.24) is 0 Å². The quantitative estimate of drug-likeness (QED) is 0.557. The van der Waals surface area contributed by atoms with Crippen molar-refractivity contribution >= 4 is 15.2 Å². The summed E-state index contributed by atoms with van der Waals surface area (Å²) in [4.78, 5) is 2.92. The van der Waals surface area contributed by atoms with Gasteiger partial charge in [0.1, 0.15) is 0 Å². The molecule has 2 radical (unpaired) electrons. The van der Waals surface area contributed by atoms with Crippen LogP contribution in [0.2, 0.25) is 0 Å². The van der Waals surface area contributed by atoms with Crippen LogP contribution in [0.5, 0.6) is 0 Å². The Morgan fingerprint density at radius 2 is 1.72 bits per heavy atom. The average Bonchev–Trinajstić information content (AvgIpc) is 2.73. The molecular formula is C23H35NSi. The van der Waals surface area contributed by atoms with Crippen molar-refractivity contribution in [3.63, 3.8) is 0 Å². The minimum Gasteiger partial charge on any atom is -0.366 e. The largest absolute Gasteiger partial charge is 0.366 e. The zero-order chi connectivity index (χ0) is 18.0. The summed E-state index contributed by atoms with van der Waals surface area (Å²) in [7, 11) is 1.01. The van der Waals surface area contributed by atoms with Crippen LogP contribution < -0.4 is 4.90 Å². The van der Waals surface area contributed by atoms with E-state index in [2.05, 4.69) is 64.6 Å². The first-order valence-electron chi connectivity index (χ1n) is 10.4. The summed E-state index contributed by atoms with van der Waals surface area (Å²) < 4.78 is 0. The molecule has 0 N–H and O–H groups in total. The first kappa shape index (κ1) is 17.6. The van der Waals surface area contributed by atoms with Gasteiger partial charge in [-0.05, 0) is 60.6 Å². The van der Waals surface area contributed by atoms with Gasteiger partial charge < -0.3 is 4.90 Å². The molecule has 2 heterocycles. The highest BCUT2D eigenvalue weighted by Crippen LogP contribution is 2.60. The van der Waals surface area contributed by atoms with Gasteiger partial charge in [0.25, 0.3) is 0 Å². The third-order valence-corrected chi connectivity index (χ3v) is 9.36. The fourth-order valence-electron chi connectivity index (χ4n) is 6.24. The predicted molar refractivity (Wildman–Crippen MR) is 110 cm³/mol. The zero-order valence-electron chi connectivity index (χ0n) is 17.1. The van der Waals surface area contributed by atoms with E-state index in [-0.39, 0.29) is 5.54 Å². The molecule has 2 heteroatoms. The molecule has 0 aromatic heterocycles. The molecular weight excluding hydrogens is 318 g/mol. The Hall–Kier alpha value is -0.763. The van der Waals surface area contributed by atoms with Crippen molar-refractivity contribution in [3.05, 3.63) is 29.3 Å². The molecule has 0 amide bonds. The van der Waals surface area contributed by atoms with Crippen LogP contribution in [0.1, 0.15) is 97.1 Å². The number of rotatable bonds is 1. The summed E-state index contributed by atoms with van der Waals surface area (Å²) in [6, 6.07) is 7.12. The van der Waals surface area contributed by atoms with E-state index >= 15 is 0 Å². The standard InChI is InChI=1S/C23H35NSi/c1-16(2)17-11-10-12-18-19(17)24-20(25-22(18,5)6)23(15-21(24,3)4)13-8-7-9-14-23/h10-12,16,20H,7-9,13-15H2,1-6H3. The number of fused-ring (bicyclic) bond motifs is 4. The number of para-hydroxylation sites is 1. The number of nitrogens with zero attached hydrogens (tertiary/aromatic N) is 1. The predicted octanol–water partition coefficient (Wildman–Crippen LogP) is 6.03. The van der Waals surface area contributed by atoms with Crippen molar-refractivity contribution in [1.29, 1.82) is 0 Å². The van der Waals surface area contributed by atoms with Crippen LogP contribution in [0, 0.1) is 5.41 Å². The van der Waals surface area contributed by atoms with Gasteiger partial charge in [0.15, 0.2) is 0 Å². The molecule has 4 rings (SSSR count). The topological polar surface area (TPSA) is 3.24 Å².